The molecule has 1 atom stereocenters. The number of unbranched alkanes of at least 4 members (excludes halogenated alkanes) is 6. The van der Waals surface area contributed by atoms with Crippen LogP contribution in [0.1, 0.15) is 65.2 Å². The van der Waals surface area contributed by atoms with Gasteiger partial charge in [-0.1, -0.05) is 58.8 Å². The Kier molecular flexibility index (Phi) is 9.51. The van der Waals surface area contributed by atoms with Crippen molar-refractivity contribution in [3.05, 3.63) is 0 Å². The molecule has 0 aromatic rings. The molecule has 0 rings (SSSR count). The Morgan fingerprint density at radius 3 is 2.08 bits per heavy atom. The minimum absolute atomic E-state index is 0.274. The minimum atomic E-state index is 0.274. The average molecular weight is 184 g/mol. The molecule has 0 aliphatic rings. The summed E-state index contributed by atoms with van der Waals surface area (Å²) in [6, 6.07) is 0. The second-order valence-electron chi connectivity index (χ2n) is 4.02. The van der Waals surface area contributed by atoms with Gasteiger partial charge in [-0.15, -0.1) is 0 Å². The third-order valence-electron chi connectivity index (χ3n) is 2.50. The summed E-state index contributed by atoms with van der Waals surface area (Å²) in [5, 5.41) is 0. The van der Waals surface area contributed by atoms with Crippen LogP contribution in [-0.2, 0) is 4.79 Å². The Hall–Kier alpha value is -0.330. The van der Waals surface area contributed by atoms with E-state index in [4.69, 9.17) is 0 Å². The molecule has 78 valence electrons. The summed E-state index contributed by atoms with van der Waals surface area (Å²) in [5.74, 6) is 0.274. The zero-order chi connectivity index (χ0) is 9.94. The van der Waals surface area contributed by atoms with E-state index in [0.717, 1.165) is 12.7 Å². The van der Waals surface area contributed by atoms with Crippen molar-refractivity contribution >= 4 is 6.29 Å². The van der Waals surface area contributed by atoms with Gasteiger partial charge in [0.1, 0.15) is 6.29 Å². The number of carbonyl (C=O) groups is 1. The summed E-state index contributed by atoms with van der Waals surface area (Å²) in [6.07, 6.45) is 11.5. The zero-order valence-electron chi connectivity index (χ0n) is 9.22. The summed E-state index contributed by atoms with van der Waals surface area (Å²) in [6.45, 7) is 4.25. The molecule has 0 aromatic heterocycles. The third-order valence-corrected chi connectivity index (χ3v) is 2.50. The maximum absolute atomic E-state index is 10.3. The smallest absolute Gasteiger partial charge is 0.122 e. The highest BCUT2D eigenvalue weighted by molar-refractivity contribution is 5.52. The largest absolute Gasteiger partial charge is 0.303 e. The van der Waals surface area contributed by atoms with Gasteiger partial charge in [-0.05, 0) is 6.42 Å². The van der Waals surface area contributed by atoms with Crippen LogP contribution in [0.15, 0.2) is 0 Å². The molecule has 0 aliphatic heterocycles. The standard InChI is InChI=1S/C12H24O/c1-3-4-5-6-7-8-9-10-12(2)11-13/h11-12H,3-10H2,1-2H3/t12-/m0/s1. The van der Waals surface area contributed by atoms with Crippen LogP contribution in [-0.4, -0.2) is 6.29 Å². The van der Waals surface area contributed by atoms with Gasteiger partial charge in [-0.2, -0.15) is 0 Å². The lowest BCUT2D eigenvalue weighted by molar-refractivity contribution is -0.110. The van der Waals surface area contributed by atoms with Gasteiger partial charge in [0, 0.05) is 5.92 Å². The minimum Gasteiger partial charge on any atom is -0.303 e. The van der Waals surface area contributed by atoms with E-state index in [2.05, 4.69) is 6.92 Å². The molecule has 0 aromatic carbocycles. The van der Waals surface area contributed by atoms with E-state index >= 15 is 0 Å². The van der Waals surface area contributed by atoms with E-state index in [0.29, 0.717) is 0 Å². The van der Waals surface area contributed by atoms with Crippen molar-refractivity contribution in [2.24, 2.45) is 5.92 Å². The Labute approximate surface area is 82.9 Å². The first-order chi connectivity index (χ1) is 6.31. The van der Waals surface area contributed by atoms with Crippen molar-refractivity contribution in [1.29, 1.82) is 0 Å². The molecule has 0 radical (unpaired) electrons. The first-order valence-corrected chi connectivity index (χ1v) is 5.76. The Bertz CT molecular complexity index is 110. The summed E-state index contributed by atoms with van der Waals surface area (Å²) >= 11 is 0. The van der Waals surface area contributed by atoms with Gasteiger partial charge in [-0.25, -0.2) is 0 Å². The fourth-order valence-corrected chi connectivity index (χ4v) is 1.49. The van der Waals surface area contributed by atoms with Crippen molar-refractivity contribution in [3.63, 3.8) is 0 Å². The number of carbonyl (C=O) groups excluding carboxylic acids is 1. The molecule has 0 saturated heterocycles. The van der Waals surface area contributed by atoms with Crippen LogP contribution in [0.4, 0.5) is 0 Å². The second kappa shape index (κ2) is 9.76. The lowest BCUT2D eigenvalue weighted by Gasteiger charge is -2.02. The van der Waals surface area contributed by atoms with Crippen LogP contribution < -0.4 is 0 Å². The van der Waals surface area contributed by atoms with Crippen LogP contribution >= 0.6 is 0 Å². The van der Waals surface area contributed by atoms with Gasteiger partial charge in [0.2, 0.25) is 0 Å². The van der Waals surface area contributed by atoms with E-state index in [9.17, 15) is 4.79 Å². The topological polar surface area (TPSA) is 17.1 Å². The molecular formula is C12H24O. The molecule has 0 unspecified atom stereocenters. The monoisotopic (exact) mass is 184 g/mol. The summed E-state index contributed by atoms with van der Waals surface area (Å²) in [5.41, 5.74) is 0. The summed E-state index contributed by atoms with van der Waals surface area (Å²) < 4.78 is 0. The average Bonchev–Trinajstić information content (AvgIpc) is 2.16. The van der Waals surface area contributed by atoms with Gasteiger partial charge in [0.05, 0.1) is 0 Å². The Morgan fingerprint density at radius 1 is 1.00 bits per heavy atom. The quantitative estimate of drug-likeness (QED) is 0.391. The molecule has 0 heterocycles. The molecule has 1 nitrogen and oxygen atoms in total. The van der Waals surface area contributed by atoms with Crippen molar-refractivity contribution < 1.29 is 4.79 Å². The predicted octanol–water partition coefficient (Wildman–Crippen LogP) is 3.96. The highest BCUT2D eigenvalue weighted by atomic mass is 16.1. The molecule has 0 N–H and O–H groups in total. The van der Waals surface area contributed by atoms with E-state index in [-0.39, 0.29) is 5.92 Å². The molecule has 0 bridgehead atoms. The van der Waals surface area contributed by atoms with Gasteiger partial charge >= 0.3 is 0 Å². The molecule has 0 amide bonds. The van der Waals surface area contributed by atoms with Crippen molar-refractivity contribution in [2.45, 2.75) is 65.2 Å². The van der Waals surface area contributed by atoms with Crippen LogP contribution in [0.5, 0.6) is 0 Å². The van der Waals surface area contributed by atoms with Crippen LogP contribution in [0, 0.1) is 5.92 Å². The van der Waals surface area contributed by atoms with E-state index in [1.165, 1.54) is 44.9 Å². The zero-order valence-corrected chi connectivity index (χ0v) is 9.22. The molecule has 1 heteroatoms. The number of hydrogen-bond acceptors (Lipinski definition) is 1. The van der Waals surface area contributed by atoms with Gasteiger partial charge in [0.25, 0.3) is 0 Å². The fraction of sp³-hybridized carbons (Fsp3) is 0.917. The molecule has 0 fully saturated rings. The SMILES string of the molecule is CCCCCCCCC[C@H](C)C=O. The highest BCUT2D eigenvalue weighted by Crippen LogP contribution is 2.11. The molecule has 13 heavy (non-hydrogen) atoms. The number of hydrogen-bond donors (Lipinski definition) is 0. The van der Waals surface area contributed by atoms with Gasteiger partial charge < -0.3 is 4.79 Å². The molecule has 0 saturated carbocycles. The summed E-state index contributed by atoms with van der Waals surface area (Å²) in [7, 11) is 0. The van der Waals surface area contributed by atoms with E-state index in [1.54, 1.807) is 0 Å². The maximum Gasteiger partial charge on any atom is 0.122 e. The lowest BCUT2D eigenvalue weighted by Crippen LogP contribution is -1.94. The molecule has 0 aliphatic carbocycles. The predicted molar refractivity (Wildman–Crippen MR) is 57.8 cm³/mol. The van der Waals surface area contributed by atoms with Gasteiger partial charge in [0.15, 0.2) is 0 Å². The maximum atomic E-state index is 10.3. The van der Waals surface area contributed by atoms with Gasteiger partial charge in [-0.3, -0.25) is 0 Å². The fourth-order valence-electron chi connectivity index (χ4n) is 1.49. The van der Waals surface area contributed by atoms with Crippen LogP contribution in [0.3, 0.4) is 0 Å². The van der Waals surface area contributed by atoms with Crippen molar-refractivity contribution in [2.75, 3.05) is 0 Å². The first-order valence-electron chi connectivity index (χ1n) is 5.76. The van der Waals surface area contributed by atoms with E-state index < -0.39 is 0 Å². The Balaban J connectivity index is 2.95. The summed E-state index contributed by atoms with van der Waals surface area (Å²) in [4.78, 5) is 10.3. The second-order valence-corrected chi connectivity index (χ2v) is 4.02. The third kappa shape index (κ3) is 9.59. The highest BCUT2D eigenvalue weighted by Gasteiger charge is 1.98. The molecule has 0 spiro atoms. The van der Waals surface area contributed by atoms with E-state index in [1.807, 2.05) is 6.92 Å². The molecular weight excluding hydrogens is 160 g/mol. The van der Waals surface area contributed by atoms with Crippen molar-refractivity contribution in [3.8, 4) is 0 Å². The lowest BCUT2D eigenvalue weighted by atomic mass is 10.0. The van der Waals surface area contributed by atoms with Crippen LogP contribution in [0.2, 0.25) is 0 Å². The number of aldehydes is 1. The Morgan fingerprint density at radius 2 is 1.54 bits per heavy atom. The van der Waals surface area contributed by atoms with Crippen molar-refractivity contribution in [1.82, 2.24) is 0 Å². The normalized spacial score (nSPS) is 12.8. The van der Waals surface area contributed by atoms with Crippen LogP contribution in [0.25, 0.3) is 0 Å². The first kappa shape index (κ1) is 12.7. The number of rotatable bonds is 9.